The fourth-order valence-electron chi connectivity index (χ4n) is 3.65. The molecule has 4 rings (SSSR count). The van der Waals surface area contributed by atoms with Gasteiger partial charge in [0.1, 0.15) is 0 Å². The summed E-state index contributed by atoms with van der Waals surface area (Å²) in [6.07, 6.45) is 0. The Morgan fingerprint density at radius 1 is 0.788 bits per heavy atom. The van der Waals surface area contributed by atoms with Gasteiger partial charge in [-0.15, -0.1) is 0 Å². The first-order chi connectivity index (χ1) is 16.0. The average molecular weight is 464 g/mol. The molecule has 0 unspecified atom stereocenters. The first kappa shape index (κ1) is 22.6. The number of nitrogens with zero attached hydrogens (tertiary/aromatic N) is 2. The van der Waals surface area contributed by atoms with Crippen LogP contribution < -0.4 is 20.9 Å². The summed E-state index contributed by atoms with van der Waals surface area (Å²) in [5.41, 5.74) is 3.40. The minimum atomic E-state index is -0.353. The van der Waals surface area contributed by atoms with Crippen molar-refractivity contribution in [1.29, 1.82) is 0 Å². The maximum atomic E-state index is 12.9. The number of hydrogen-bond acceptors (Lipinski definition) is 4. The average Bonchev–Trinajstić information content (AvgIpc) is 2.81. The molecule has 170 valence electrons. The first-order valence-electron chi connectivity index (χ1n) is 10.8. The van der Waals surface area contributed by atoms with Gasteiger partial charge in [0.2, 0.25) is 0 Å². The molecule has 0 spiro atoms. The Kier molecular flexibility index (Phi) is 7.12. The second-order valence-electron chi connectivity index (χ2n) is 7.93. The predicted octanol–water partition coefficient (Wildman–Crippen LogP) is 4.99. The van der Waals surface area contributed by atoms with E-state index in [4.69, 9.17) is 11.6 Å². The van der Waals surface area contributed by atoms with Crippen LogP contribution in [-0.2, 0) is 0 Å². The molecule has 3 aromatic carbocycles. The number of benzene rings is 3. The van der Waals surface area contributed by atoms with Gasteiger partial charge in [-0.05, 0) is 61.6 Å². The zero-order chi connectivity index (χ0) is 23.2. The number of nitrogens with one attached hydrogen (secondary N) is 3. The molecule has 0 saturated carbocycles. The second kappa shape index (κ2) is 10.4. The largest absolute Gasteiger partial charge is 0.367 e. The number of piperazine rings is 1. The summed E-state index contributed by atoms with van der Waals surface area (Å²) in [5.74, 6) is -0.243. The summed E-state index contributed by atoms with van der Waals surface area (Å²) in [7, 11) is 2.10. The van der Waals surface area contributed by atoms with Crippen LogP contribution in [-0.4, -0.2) is 50.1 Å². The summed E-state index contributed by atoms with van der Waals surface area (Å²) >= 11 is 6.21. The summed E-state index contributed by atoms with van der Waals surface area (Å²) in [6.45, 7) is 3.68. The van der Waals surface area contributed by atoms with Crippen molar-refractivity contribution in [1.82, 2.24) is 4.90 Å². The van der Waals surface area contributed by atoms with Crippen molar-refractivity contribution >= 4 is 46.3 Å². The highest BCUT2D eigenvalue weighted by Crippen LogP contribution is 2.30. The summed E-state index contributed by atoms with van der Waals surface area (Å²) in [6, 6.07) is 21.1. The van der Waals surface area contributed by atoms with Crippen LogP contribution >= 0.6 is 11.6 Å². The Morgan fingerprint density at radius 2 is 1.42 bits per heavy atom. The molecule has 3 N–H and O–H groups in total. The van der Waals surface area contributed by atoms with Gasteiger partial charge in [-0.3, -0.25) is 4.79 Å². The molecule has 33 heavy (non-hydrogen) atoms. The normalized spacial score (nSPS) is 13.9. The maximum Gasteiger partial charge on any atom is 0.323 e. The van der Waals surface area contributed by atoms with Crippen molar-refractivity contribution in [3.05, 3.63) is 83.4 Å². The number of rotatable bonds is 5. The van der Waals surface area contributed by atoms with Gasteiger partial charge in [0.05, 0.1) is 11.4 Å². The molecule has 3 aromatic rings. The number of likely N-dealkylation sites (N-methyl/N-ethyl adjacent to an activating group) is 1. The van der Waals surface area contributed by atoms with Gasteiger partial charge in [0.15, 0.2) is 0 Å². The maximum absolute atomic E-state index is 12.9. The SMILES string of the molecule is CN1CCN(c2ccc(Cl)cc2NC(=O)c2ccc(NC(=O)Nc3ccccc3)cc2)CC1. The molecular weight excluding hydrogens is 438 g/mol. The molecule has 7 nitrogen and oxygen atoms in total. The molecular formula is C25H26ClN5O2. The van der Waals surface area contributed by atoms with E-state index in [0.717, 1.165) is 31.9 Å². The van der Waals surface area contributed by atoms with Gasteiger partial charge in [-0.2, -0.15) is 0 Å². The molecule has 0 atom stereocenters. The highest BCUT2D eigenvalue weighted by atomic mass is 35.5. The second-order valence-corrected chi connectivity index (χ2v) is 8.36. The number of para-hydroxylation sites is 1. The van der Waals surface area contributed by atoms with E-state index in [2.05, 4.69) is 32.8 Å². The van der Waals surface area contributed by atoms with Crippen LogP contribution in [0.5, 0.6) is 0 Å². The lowest BCUT2D eigenvalue weighted by Gasteiger charge is -2.35. The zero-order valence-electron chi connectivity index (χ0n) is 18.3. The van der Waals surface area contributed by atoms with E-state index in [0.29, 0.717) is 27.6 Å². The minimum Gasteiger partial charge on any atom is -0.367 e. The quantitative estimate of drug-likeness (QED) is 0.498. The third kappa shape index (κ3) is 6.03. The summed E-state index contributed by atoms with van der Waals surface area (Å²) < 4.78 is 0. The zero-order valence-corrected chi connectivity index (χ0v) is 19.1. The van der Waals surface area contributed by atoms with E-state index in [9.17, 15) is 9.59 Å². The van der Waals surface area contributed by atoms with Crippen LogP contribution in [0.4, 0.5) is 27.5 Å². The summed E-state index contributed by atoms with van der Waals surface area (Å²) in [4.78, 5) is 29.6. The highest BCUT2D eigenvalue weighted by molar-refractivity contribution is 6.31. The monoisotopic (exact) mass is 463 g/mol. The predicted molar refractivity (Wildman–Crippen MR) is 135 cm³/mol. The third-order valence-electron chi connectivity index (χ3n) is 5.49. The van der Waals surface area contributed by atoms with Gasteiger partial charge in [-0.1, -0.05) is 29.8 Å². The smallest absolute Gasteiger partial charge is 0.323 e. The Labute approximate surface area is 198 Å². The number of halogens is 1. The Balaban J connectivity index is 1.41. The van der Waals surface area contributed by atoms with Crippen molar-refractivity contribution < 1.29 is 9.59 Å². The number of anilines is 4. The van der Waals surface area contributed by atoms with E-state index in [1.165, 1.54) is 0 Å². The van der Waals surface area contributed by atoms with Gasteiger partial charge in [0.25, 0.3) is 5.91 Å². The Morgan fingerprint density at radius 3 is 2.09 bits per heavy atom. The lowest BCUT2D eigenvalue weighted by molar-refractivity contribution is 0.102. The Bertz CT molecular complexity index is 1110. The molecule has 1 aliphatic heterocycles. The number of amides is 3. The molecule has 0 radical (unpaired) electrons. The molecule has 0 aliphatic carbocycles. The lowest BCUT2D eigenvalue weighted by atomic mass is 10.1. The van der Waals surface area contributed by atoms with Crippen LogP contribution in [0.2, 0.25) is 5.02 Å². The molecule has 0 bridgehead atoms. The number of carbonyl (C=O) groups is 2. The third-order valence-corrected chi connectivity index (χ3v) is 5.72. The van der Waals surface area contributed by atoms with Crippen molar-refractivity contribution in [2.45, 2.75) is 0 Å². The Hall–Kier alpha value is -3.55. The molecule has 1 aliphatic rings. The fourth-order valence-corrected chi connectivity index (χ4v) is 3.82. The molecule has 8 heteroatoms. The van der Waals surface area contributed by atoms with Crippen LogP contribution in [0.15, 0.2) is 72.8 Å². The topological polar surface area (TPSA) is 76.7 Å². The van der Waals surface area contributed by atoms with E-state index in [1.807, 2.05) is 30.3 Å². The molecule has 1 saturated heterocycles. The molecule has 1 heterocycles. The van der Waals surface area contributed by atoms with Crippen molar-refractivity contribution in [2.24, 2.45) is 0 Å². The van der Waals surface area contributed by atoms with Gasteiger partial charge >= 0.3 is 6.03 Å². The summed E-state index contributed by atoms with van der Waals surface area (Å²) in [5, 5.41) is 9.07. The van der Waals surface area contributed by atoms with Crippen molar-refractivity contribution in [3.63, 3.8) is 0 Å². The van der Waals surface area contributed by atoms with Gasteiger partial charge in [-0.25, -0.2) is 4.79 Å². The van der Waals surface area contributed by atoms with Crippen LogP contribution in [0.3, 0.4) is 0 Å². The highest BCUT2D eigenvalue weighted by Gasteiger charge is 2.19. The van der Waals surface area contributed by atoms with Crippen LogP contribution in [0.1, 0.15) is 10.4 Å². The fraction of sp³-hybridized carbons (Fsp3) is 0.200. The first-order valence-corrected chi connectivity index (χ1v) is 11.1. The van der Waals surface area contributed by atoms with Gasteiger partial charge in [0, 0.05) is 48.1 Å². The van der Waals surface area contributed by atoms with Crippen molar-refractivity contribution in [3.8, 4) is 0 Å². The van der Waals surface area contributed by atoms with Crippen LogP contribution in [0.25, 0.3) is 0 Å². The van der Waals surface area contributed by atoms with Crippen LogP contribution in [0, 0.1) is 0 Å². The van der Waals surface area contributed by atoms with E-state index in [-0.39, 0.29) is 11.9 Å². The standard InChI is InChI=1S/C25H26ClN5O2/c1-30-13-15-31(16-14-30)23-12-9-19(26)17-22(23)29-24(32)18-7-10-21(11-8-18)28-25(33)27-20-5-3-2-4-6-20/h2-12,17H,13-16H2,1H3,(H,29,32)(H2,27,28,33). The molecule has 0 aromatic heterocycles. The lowest BCUT2D eigenvalue weighted by Crippen LogP contribution is -2.44. The van der Waals surface area contributed by atoms with E-state index < -0.39 is 0 Å². The van der Waals surface area contributed by atoms with Gasteiger partial charge < -0.3 is 25.8 Å². The number of carbonyl (C=O) groups excluding carboxylic acids is 2. The minimum absolute atomic E-state index is 0.243. The van der Waals surface area contributed by atoms with E-state index in [1.54, 1.807) is 42.5 Å². The van der Waals surface area contributed by atoms with Crippen molar-refractivity contribution in [2.75, 3.05) is 54.1 Å². The molecule has 1 fully saturated rings. The number of hydrogen-bond donors (Lipinski definition) is 3. The number of urea groups is 1. The molecule has 3 amide bonds. The van der Waals surface area contributed by atoms with E-state index >= 15 is 0 Å².